The lowest BCUT2D eigenvalue weighted by molar-refractivity contribution is 0.0638. The maximum atomic E-state index is 12.5. The highest BCUT2D eigenvalue weighted by molar-refractivity contribution is 7.91. The molecule has 1 heterocycles. The molecule has 0 radical (unpaired) electrons. The Morgan fingerprint density at radius 1 is 1.25 bits per heavy atom. The van der Waals surface area contributed by atoms with Crippen molar-refractivity contribution in [2.24, 2.45) is 0 Å². The zero-order chi connectivity index (χ0) is 15.1. The predicted molar refractivity (Wildman–Crippen MR) is 79.7 cm³/mol. The lowest BCUT2D eigenvalue weighted by Gasteiger charge is -2.34. The smallest absolute Gasteiger partial charge is 0.254 e. The Labute approximate surface area is 120 Å². The molecule has 1 atom stereocenters. The zero-order valence-corrected chi connectivity index (χ0v) is 13.3. The van der Waals surface area contributed by atoms with E-state index in [-0.39, 0.29) is 17.4 Å². The van der Waals surface area contributed by atoms with E-state index in [1.54, 1.807) is 18.0 Å². The van der Waals surface area contributed by atoms with Crippen molar-refractivity contribution in [3.05, 3.63) is 34.9 Å². The summed E-state index contributed by atoms with van der Waals surface area (Å²) in [5.74, 6) is 0.0916. The lowest BCUT2D eigenvalue weighted by Crippen LogP contribution is -2.48. The van der Waals surface area contributed by atoms with Gasteiger partial charge in [-0.15, -0.1) is 0 Å². The minimum atomic E-state index is -3.02. The van der Waals surface area contributed by atoms with Gasteiger partial charge in [0.2, 0.25) is 0 Å². The molecule has 0 spiro atoms. The highest BCUT2D eigenvalue weighted by atomic mass is 32.2. The second-order valence-corrected chi connectivity index (χ2v) is 8.19. The molecule has 0 aliphatic carbocycles. The first-order valence-corrected chi connectivity index (χ1v) is 8.53. The fourth-order valence-electron chi connectivity index (χ4n) is 2.57. The van der Waals surface area contributed by atoms with E-state index in [1.807, 2.05) is 32.9 Å². The number of nitrogens with zero attached hydrogens (tertiary/aromatic N) is 1. The highest BCUT2D eigenvalue weighted by Crippen LogP contribution is 2.29. The number of aryl methyl sites for hydroxylation is 2. The molecule has 0 saturated carbocycles. The van der Waals surface area contributed by atoms with Crippen molar-refractivity contribution < 1.29 is 13.2 Å². The number of rotatable bonds is 2. The van der Waals surface area contributed by atoms with E-state index < -0.39 is 15.4 Å². The lowest BCUT2D eigenvalue weighted by atomic mass is 9.98. The van der Waals surface area contributed by atoms with Gasteiger partial charge in [0.05, 0.1) is 17.0 Å². The summed E-state index contributed by atoms with van der Waals surface area (Å²) < 4.78 is 23.3. The Morgan fingerprint density at radius 3 is 2.40 bits per heavy atom. The normalized spacial score (nSPS) is 24.6. The molecular formula is C15H21NO3S. The van der Waals surface area contributed by atoms with Crippen LogP contribution in [0.2, 0.25) is 0 Å². The molecule has 1 aliphatic rings. The summed E-state index contributed by atoms with van der Waals surface area (Å²) in [5.41, 5.74) is 2.21. The van der Waals surface area contributed by atoms with E-state index in [4.69, 9.17) is 0 Å². The van der Waals surface area contributed by atoms with Gasteiger partial charge in [0.25, 0.3) is 5.91 Å². The number of amides is 1. The molecule has 110 valence electrons. The number of sulfone groups is 1. The topological polar surface area (TPSA) is 54.5 Å². The molecule has 0 bridgehead atoms. The zero-order valence-electron chi connectivity index (χ0n) is 12.4. The van der Waals surface area contributed by atoms with Crippen LogP contribution >= 0.6 is 0 Å². The fraction of sp³-hybridized carbons (Fsp3) is 0.533. The minimum Gasteiger partial charge on any atom is -0.335 e. The molecule has 0 aromatic heterocycles. The fourth-order valence-corrected chi connectivity index (χ4v) is 4.75. The van der Waals surface area contributed by atoms with Crippen LogP contribution in [0, 0.1) is 13.8 Å². The molecule has 0 unspecified atom stereocenters. The molecule has 4 nitrogen and oxygen atoms in total. The second-order valence-electron chi connectivity index (χ2n) is 6.00. The third kappa shape index (κ3) is 2.73. The molecule has 1 aromatic carbocycles. The Bertz CT molecular complexity index is 651. The van der Waals surface area contributed by atoms with Gasteiger partial charge in [0, 0.05) is 12.6 Å². The summed E-state index contributed by atoms with van der Waals surface area (Å²) >= 11 is 0. The van der Waals surface area contributed by atoms with E-state index in [1.165, 1.54) is 0 Å². The first kappa shape index (κ1) is 15.0. The number of carbonyl (C=O) groups excluding carboxylic acids is 1. The first-order valence-electron chi connectivity index (χ1n) is 6.70. The molecule has 1 saturated heterocycles. The molecule has 1 amide bonds. The third-order valence-electron chi connectivity index (χ3n) is 4.35. The average Bonchev–Trinajstić information content (AvgIpc) is 2.66. The third-order valence-corrected chi connectivity index (χ3v) is 6.24. The van der Waals surface area contributed by atoms with Crippen molar-refractivity contribution in [2.45, 2.75) is 32.7 Å². The van der Waals surface area contributed by atoms with Crippen LogP contribution in [0.15, 0.2) is 18.2 Å². The Morgan fingerprint density at radius 2 is 1.90 bits per heavy atom. The molecule has 1 aromatic rings. The predicted octanol–water partition coefficient (Wildman–Crippen LogP) is 1.95. The van der Waals surface area contributed by atoms with Crippen molar-refractivity contribution >= 4 is 15.7 Å². The maximum Gasteiger partial charge on any atom is 0.254 e. The van der Waals surface area contributed by atoms with Crippen molar-refractivity contribution in [1.29, 1.82) is 0 Å². The van der Waals surface area contributed by atoms with Gasteiger partial charge < -0.3 is 4.90 Å². The molecule has 0 N–H and O–H groups in total. The van der Waals surface area contributed by atoms with Gasteiger partial charge >= 0.3 is 0 Å². The van der Waals surface area contributed by atoms with Crippen LogP contribution in [-0.2, 0) is 9.84 Å². The van der Waals surface area contributed by atoms with Gasteiger partial charge in [0.15, 0.2) is 9.84 Å². The van der Waals surface area contributed by atoms with Crippen molar-refractivity contribution in [3.8, 4) is 0 Å². The number of hydrogen-bond donors (Lipinski definition) is 0. The van der Waals surface area contributed by atoms with Gasteiger partial charge in [-0.25, -0.2) is 8.42 Å². The van der Waals surface area contributed by atoms with Crippen molar-refractivity contribution in [1.82, 2.24) is 4.90 Å². The molecule has 5 heteroatoms. The summed E-state index contributed by atoms with van der Waals surface area (Å²) in [6.07, 6.45) is 0.502. The van der Waals surface area contributed by atoms with Crippen LogP contribution in [0.25, 0.3) is 0 Å². The van der Waals surface area contributed by atoms with Gasteiger partial charge in [-0.3, -0.25) is 4.79 Å². The Hall–Kier alpha value is -1.36. The SMILES string of the molecule is Cc1ccc(C(=O)N(C)[C@]2(C)CCS(=O)(=O)C2)cc1C. The van der Waals surface area contributed by atoms with Crippen LogP contribution in [-0.4, -0.2) is 43.3 Å². The van der Waals surface area contributed by atoms with Gasteiger partial charge in [-0.05, 0) is 50.5 Å². The quantitative estimate of drug-likeness (QED) is 0.838. The Balaban J connectivity index is 2.27. The first-order chi connectivity index (χ1) is 9.15. The molecule has 1 fully saturated rings. The summed E-state index contributed by atoms with van der Waals surface area (Å²) in [6, 6.07) is 5.58. The van der Waals surface area contributed by atoms with Crippen molar-refractivity contribution in [2.75, 3.05) is 18.6 Å². The van der Waals surface area contributed by atoms with Gasteiger partial charge in [-0.2, -0.15) is 0 Å². The average molecular weight is 295 g/mol. The number of carbonyl (C=O) groups is 1. The summed E-state index contributed by atoms with van der Waals surface area (Å²) in [5, 5.41) is 0. The number of hydrogen-bond acceptors (Lipinski definition) is 3. The van der Waals surface area contributed by atoms with E-state index in [0.717, 1.165) is 11.1 Å². The van der Waals surface area contributed by atoms with Crippen LogP contribution in [0.3, 0.4) is 0 Å². The summed E-state index contributed by atoms with van der Waals surface area (Å²) in [7, 11) is -1.33. The minimum absolute atomic E-state index is 0.0487. The van der Waals surface area contributed by atoms with E-state index in [9.17, 15) is 13.2 Å². The van der Waals surface area contributed by atoms with Crippen LogP contribution in [0.1, 0.15) is 34.8 Å². The number of benzene rings is 1. The monoisotopic (exact) mass is 295 g/mol. The van der Waals surface area contributed by atoms with E-state index >= 15 is 0 Å². The summed E-state index contributed by atoms with van der Waals surface area (Å²) in [6.45, 7) is 5.81. The van der Waals surface area contributed by atoms with Crippen molar-refractivity contribution in [3.63, 3.8) is 0 Å². The van der Waals surface area contributed by atoms with E-state index in [0.29, 0.717) is 12.0 Å². The standard InChI is InChI=1S/C15H21NO3S/c1-11-5-6-13(9-12(11)2)14(17)16(4)15(3)7-8-20(18,19)10-15/h5-6,9H,7-8,10H2,1-4H3/t15-/m1/s1. The van der Waals surface area contributed by atoms with Gasteiger partial charge in [0.1, 0.15) is 0 Å². The summed E-state index contributed by atoms with van der Waals surface area (Å²) in [4.78, 5) is 14.1. The van der Waals surface area contributed by atoms with Crippen LogP contribution < -0.4 is 0 Å². The molecule has 1 aliphatic heterocycles. The largest absolute Gasteiger partial charge is 0.335 e. The molecule has 20 heavy (non-hydrogen) atoms. The maximum absolute atomic E-state index is 12.5. The Kier molecular flexibility index (Phi) is 3.67. The second kappa shape index (κ2) is 4.88. The molecule has 2 rings (SSSR count). The highest BCUT2D eigenvalue weighted by Gasteiger charge is 2.43. The van der Waals surface area contributed by atoms with Gasteiger partial charge in [-0.1, -0.05) is 6.07 Å². The molecular weight excluding hydrogens is 274 g/mol. The van der Waals surface area contributed by atoms with Crippen LogP contribution in [0.5, 0.6) is 0 Å². The van der Waals surface area contributed by atoms with E-state index in [2.05, 4.69) is 0 Å². The van der Waals surface area contributed by atoms with Crippen LogP contribution in [0.4, 0.5) is 0 Å².